The molecular formula is C15H21ClN2O3. The first kappa shape index (κ1) is 15.9. The molecule has 2 amide bonds. The van der Waals surface area contributed by atoms with Crippen molar-refractivity contribution >= 4 is 23.3 Å². The monoisotopic (exact) mass is 312 g/mol. The molecule has 1 saturated heterocycles. The number of ether oxygens (including phenoxy) is 1. The second-order valence-corrected chi connectivity index (χ2v) is 5.55. The third-order valence-electron chi connectivity index (χ3n) is 3.55. The van der Waals surface area contributed by atoms with Crippen molar-refractivity contribution in [2.45, 2.75) is 19.8 Å². The van der Waals surface area contributed by atoms with E-state index in [9.17, 15) is 9.90 Å². The lowest BCUT2D eigenvalue weighted by Crippen LogP contribution is -2.43. The van der Waals surface area contributed by atoms with Crippen LogP contribution in [0.3, 0.4) is 0 Å². The van der Waals surface area contributed by atoms with Crippen molar-refractivity contribution in [1.82, 2.24) is 4.90 Å². The molecule has 1 aromatic rings. The van der Waals surface area contributed by atoms with Crippen LogP contribution < -0.4 is 10.1 Å². The molecule has 0 aromatic heterocycles. The van der Waals surface area contributed by atoms with Gasteiger partial charge >= 0.3 is 6.03 Å². The van der Waals surface area contributed by atoms with Crippen LogP contribution in [0.1, 0.15) is 19.8 Å². The Morgan fingerprint density at radius 2 is 2.38 bits per heavy atom. The molecule has 1 heterocycles. The number of carbonyl (C=O) groups is 1. The molecule has 0 bridgehead atoms. The summed E-state index contributed by atoms with van der Waals surface area (Å²) >= 11 is 6.10. The number of aliphatic hydroxyl groups excluding tert-OH is 1. The van der Waals surface area contributed by atoms with Crippen LogP contribution in [0.2, 0.25) is 5.02 Å². The Balaban J connectivity index is 1.97. The third-order valence-corrected chi connectivity index (χ3v) is 3.84. The summed E-state index contributed by atoms with van der Waals surface area (Å²) in [6.45, 7) is 3.86. The van der Waals surface area contributed by atoms with Gasteiger partial charge in [-0.15, -0.1) is 0 Å². The predicted molar refractivity (Wildman–Crippen MR) is 83.0 cm³/mol. The van der Waals surface area contributed by atoms with Crippen LogP contribution in [0.15, 0.2) is 18.2 Å². The fraction of sp³-hybridized carbons (Fsp3) is 0.533. The van der Waals surface area contributed by atoms with Crippen LogP contribution >= 0.6 is 11.6 Å². The van der Waals surface area contributed by atoms with Crippen LogP contribution in [-0.2, 0) is 0 Å². The van der Waals surface area contributed by atoms with Gasteiger partial charge in [0.2, 0.25) is 0 Å². The number of nitrogens with one attached hydrogen (secondary N) is 1. The number of nitrogens with zero attached hydrogens (tertiary/aromatic N) is 1. The van der Waals surface area contributed by atoms with E-state index in [1.807, 2.05) is 6.92 Å². The Bertz CT molecular complexity index is 496. The first-order valence-corrected chi connectivity index (χ1v) is 7.61. The highest BCUT2D eigenvalue weighted by Gasteiger charge is 2.23. The molecule has 1 fully saturated rings. The number of carbonyl (C=O) groups excluding carboxylic acids is 1. The minimum atomic E-state index is -0.159. The highest BCUT2D eigenvalue weighted by molar-refractivity contribution is 6.32. The van der Waals surface area contributed by atoms with Gasteiger partial charge in [-0.3, -0.25) is 0 Å². The number of benzene rings is 1. The number of amides is 2. The summed E-state index contributed by atoms with van der Waals surface area (Å²) in [5.74, 6) is 0.781. The summed E-state index contributed by atoms with van der Waals surface area (Å²) in [7, 11) is 0. The summed E-state index contributed by atoms with van der Waals surface area (Å²) in [5, 5.41) is 12.5. The van der Waals surface area contributed by atoms with E-state index in [0.29, 0.717) is 36.2 Å². The Labute approximate surface area is 129 Å². The number of urea groups is 1. The van der Waals surface area contributed by atoms with Crippen molar-refractivity contribution in [3.8, 4) is 5.75 Å². The first-order chi connectivity index (χ1) is 10.1. The topological polar surface area (TPSA) is 61.8 Å². The van der Waals surface area contributed by atoms with Gasteiger partial charge in [0.15, 0.2) is 0 Å². The molecule has 21 heavy (non-hydrogen) atoms. The summed E-state index contributed by atoms with van der Waals surface area (Å²) in [6.07, 6.45) is 1.89. The minimum absolute atomic E-state index is 0.124. The zero-order valence-corrected chi connectivity index (χ0v) is 12.9. The predicted octanol–water partition coefficient (Wildman–Crippen LogP) is 2.97. The highest BCUT2D eigenvalue weighted by Crippen LogP contribution is 2.28. The van der Waals surface area contributed by atoms with Gasteiger partial charge in [-0.2, -0.15) is 0 Å². The van der Waals surface area contributed by atoms with Crippen molar-refractivity contribution < 1.29 is 14.6 Å². The molecular weight excluding hydrogens is 292 g/mol. The number of hydrogen-bond donors (Lipinski definition) is 2. The smallest absolute Gasteiger partial charge is 0.321 e. The van der Waals surface area contributed by atoms with Crippen LogP contribution in [-0.4, -0.2) is 42.3 Å². The van der Waals surface area contributed by atoms with Crippen molar-refractivity contribution in [1.29, 1.82) is 0 Å². The van der Waals surface area contributed by atoms with E-state index in [4.69, 9.17) is 16.3 Å². The first-order valence-electron chi connectivity index (χ1n) is 7.23. The Kier molecular flexibility index (Phi) is 5.70. The maximum absolute atomic E-state index is 12.2. The lowest BCUT2D eigenvalue weighted by atomic mass is 9.99. The molecule has 1 unspecified atom stereocenters. The molecule has 116 valence electrons. The number of aliphatic hydroxyl groups is 1. The van der Waals surface area contributed by atoms with Crippen molar-refractivity contribution in [2.24, 2.45) is 5.92 Å². The Morgan fingerprint density at radius 3 is 3.05 bits per heavy atom. The van der Waals surface area contributed by atoms with E-state index in [1.165, 1.54) is 0 Å². The van der Waals surface area contributed by atoms with E-state index in [0.717, 1.165) is 12.8 Å². The molecule has 1 aliphatic rings. The molecule has 0 spiro atoms. The number of anilines is 1. The molecule has 1 aromatic carbocycles. The Hall–Kier alpha value is -1.46. The van der Waals surface area contributed by atoms with Crippen molar-refractivity contribution in [2.75, 3.05) is 31.6 Å². The van der Waals surface area contributed by atoms with E-state index in [2.05, 4.69) is 5.32 Å². The second-order valence-electron chi connectivity index (χ2n) is 5.15. The van der Waals surface area contributed by atoms with Gasteiger partial charge in [-0.05, 0) is 43.9 Å². The fourth-order valence-electron chi connectivity index (χ4n) is 2.45. The SMILES string of the molecule is CCOc1ccc(NC(=O)N2CCCC(CO)C2)cc1Cl. The number of halogens is 1. The quantitative estimate of drug-likeness (QED) is 0.898. The van der Waals surface area contributed by atoms with E-state index < -0.39 is 0 Å². The zero-order valence-electron chi connectivity index (χ0n) is 12.1. The highest BCUT2D eigenvalue weighted by atomic mass is 35.5. The Morgan fingerprint density at radius 1 is 1.57 bits per heavy atom. The average Bonchev–Trinajstić information content (AvgIpc) is 2.50. The van der Waals surface area contributed by atoms with E-state index >= 15 is 0 Å². The van der Waals surface area contributed by atoms with Gasteiger partial charge in [-0.25, -0.2) is 4.79 Å². The summed E-state index contributed by atoms with van der Waals surface area (Å²) < 4.78 is 5.36. The lowest BCUT2D eigenvalue weighted by molar-refractivity contribution is 0.136. The van der Waals surface area contributed by atoms with Gasteiger partial charge in [0.1, 0.15) is 5.75 Å². The lowest BCUT2D eigenvalue weighted by Gasteiger charge is -2.31. The van der Waals surface area contributed by atoms with Crippen LogP contribution in [0.5, 0.6) is 5.75 Å². The van der Waals surface area contributed by atoms with Crippen molar-refractivity contribution in [3.05, 3.63) is 23.2 Å². The maximum atomic E-state index is 12.2. The molecule has 6 heteroatoms. The number of piperidine rings is 1. The van der Waals surface area contributed by atoms with E-state index in [1.54, 1.807) is 23.1 Å². The normalized spacial score (nSPS) is 18.4. The molecule has 2 N–H and O–H groups in total. The average molecular weight is 313 g/mol. The minimum Gasteiger partial charge on any atom is -0.492 e. The fourth-order valence-corrected chi connectivity index (χ4v) is 2.69. The second kappa shape index (κ2) is 7.52. The molecule has 5 nitrogen and oxygen atoms in total. The summed E-state index contributed by atoms with van der Waals surface area (Å²) in [4.78, 5) is 13.9. The molecule has 1 atom stereocenters. The molecule has 2 rings (SSSR count). The molecule has 0 radical (unpaired) electrons. The van der Waals surface area contributed by atoms with Gasteiger partial charge < -0.3 is 20.1 Å². The van der Waals surface area contributed by atoms with Gasteiger partial charge in [0.05, 0.1) is 11.6 Å². The van der Waals surface area contributed by atoms with Gasteiger partial charge in [0, 0.05) is 25.4 Å². The van der Waals surface area contributed by atoms with Crippen molar-refractivity contribution in [3.63, 3.8) is 0 Å². The number of likely N-dealkylation sites (tertiary alicyclic amines) is 1. The largest absolute Gasteiger partial charge is 0.492 e. The third kappa shape index (κ3) is 4.25. The number of rotatable bonds is 4. The maximum Gasteiger partial charge on any atom is 0.321 e. The van der Waals surface area contributed by atoms with Crippen LogP contribution in [0.4, 0.5) is 10.5 Å². The van der Waals surface area contributed by atoms with Crippen LogP contribution in [0.25, 0.3) is 0 Å². The summed E-state index contributed by atoms with van der Waals surface area (Å²) in [6, 6.07) is 5.03. The molecule has 1 aliphatic heterocycles. The van der Waals surface area contributed by atoms with Crippen LogP contribution in [0, 0.1) is 5.92 Å². The van der Waals surface area contributed by atoms with E-state index in [-0.39, 0.29) is 18.6 Å². The molecule has 0 aliphatic carbocycles. The van der Waals surface area contributed by atoms with Gasteiger partial charge in [0.25, 0.3) is 0 Å². The summed E-state index contributed by atoms with van der Waals surface area (Å²) in [5.41, 5.74) is 0.638. The zero-order chi connectivity index (χ0) is 15.2. The standard InChI is InChI=1S/C15H21ClN2O3/c1-2-21-14-6-5-12(8-13(14)16)17-15(20)18-7-3-4-11(9-18)10-19/h5-6,8,11,19H,2-4,7,9-10H2,1H3,(H,17,20). The number of hydrogen-bond acceptors (Lipinski definition) is 3. The molecule has 0 saturated carbocycles. The van der Waals surface area contributed by atoms with Gasteiger partial charge in [-0.1, -0.05) is 11.6 Å².